The maximum Gasteiger partial charge on any atom is 0.257 e. The summed E-state index contributed by atoms with van der Waals surface area (Å²) >= 11 is 1.57. The lowest BCUT2D eigenvalue weighted by molar-refractivity contribution is -0.144. The molecule has 2 atom stereocenters. The van der Waals surface area contributed by atoms with Crippen LogP contribution in [0, 0.1) is 0 Å². The number of hydrogen-bond acceptors (Lipinski definition) is 6. The quantitative estimate of drug-likeness (QED) is 0.695. The Kier molecular flexibility index (Phi) is 4.26. The van der Waals surface area contributed by atoms with Crippen LogP contribution >= 0.6 is 11.3 Å². The second kappa shape index (κ2) is 6.90. The van der Waals surface area contributed by atoms with Gasteiger partial charge in [-0.3, -0.25) is 4.79 Å². The molecule has 138 valence electrons. The van der Waals surface area contributed by atoms with Crippen LogP contribution in [0.1, 0.15) is 35.5 Å². The van der Waals surface area contributed by atoms with Crippen LogP contribution in [0.5, 0.6) is 0 Å². The number of nitrogens with zero attached hydrogens (tertiary/aromatic N) is 3. The van der Waals surface area contributed by atoms with Crippen LogP contribution < -0.4 is 0 Å². The molecule has 27 heavy (non-hydrogen) atoms. The monoisotopic (exact) mass is 381 g/mol. The first-order valence-electron chi connectivity index (χ1n) is 9.15. The van der Waals surface area contributed by atoms with Gasteiger partial charge in [0.15, 0.2) is 6.10 Å². The molecule has 2 unspecified atom stereocenters. The number of fused-ring (bicyclic) bond motifs is 1. The minimum absolute atomic E-state index is 0.0302. The van der Waals surface area contributed by atoms with E-state index in [2.05, 4.69) is 16.3 Å². The van der Waals surface area contributed by atoms with E-state index in [0.717, 1.165) is 23.3 Å². The minimum atomic E-state index is -0.502. The van der Waals surface area contributed by atoms with Crippen LogP contribution in [0.3, 0.4) is 0 Å². The van der Waals surface area contributed by atoms with Gasteiger partial charge in [-0.1, -0.05) is 30.3 Å². The molecule has 6 nitrogen and oxygen atoms in total. The van der Waals surface area contributed by atoms with Crippen molar-refractivity contribution >= 4 is 17.2 Å². The summed E-state index contributed by atoms with van der Waals surface area (Å²) in [5.74, 6) is 1.27. The number of carbonyl (C=O) groups is 1. The van der Waals surface area contributed by atoms with Crippen molar-refractivity contribution in [1.29, 1.82) is 0 Å². The molecule has 5 rings (SSSR count). The molecule has 3 aromatic rings. The second-order valence-corrected chi connectivity index (χ2v) is 7.84. The fraction of sp³-hybridized carbons (Fsp3) is 0.350. The Morgan fingerprint density at radius 3 is 3.00 bits per heavy atom. The van der Waals surface area contributed by atoms with Crippen LogP contribution in [0.2, 0.25) is 0 Å². The molecule has 1 aromatic carbocycles. The molecule has 2 aromatic heterocycles. The van der Waals surface area contributed by atoms with Crippen molar-refractivity contribution in [1.82, 2.24) is 15.1 Å². The van der Waals surface area contributed by atoms with Crippen molar-refractivity contribution in [3.8, 4) is 10.8 Å². The van der Waals surface area contributed by atoms with E-state index < -0.39 is 6.10 Å². The summed E-state index contributed by atoms with van der Waals surface area (Å²) in [6.07, 6.45) is 1.18. The molecule has 0 saturated carbocycles. The van der Waals surface area contributed by atoms with Gasteiger partial charge >= 0.3 is 0 Å². The van der Waals surface area contributed by atoms with Crippen LogP contribution in [-0.4, -0.2) is 40.7 Å². The minimum Gasteiger partial charge on any atom is -0.420 e. The third-order valence-electron chi connectivity index (χ3n) is 5.24. The SMILES string of the molecule is O=C(C1OCCc2ccccc21)N1CCC(c2nnc(-c3cccs3)o2)C1. The fourth-order valence-electron chi connectivity index (χ4n) is 3.83. The van der Waals surface area contributed by atoms with E-state index in [0.29, 0.717) is 31.5 Å². The van der Waals surface area contributed by atoms with E-state index in [9.17, 15) is 4.79 Å². The van der Waals surface area contributed by atoms with Crippen LogP contribution in [0.25, 0.3) is 10.8 Å². The molecule has 0 spiro atoms. The van der Waals surface area contributed by atoms with Crippen molar-refractivity contribution in [3.63, 3.8) is 0 Å². The third kappa shape index (κ3) is 3.07. The highest BCUT2D eigenvalue weighted by Gasteiger charge is 2.36. The Morgan fingerprint density at radius 1 is 1.19 bits per heavy atom. The Bertz CT molecular complexity index is 953. The highest BCUT2D eigenvalue weighted by atomic mass is 32.1. The van der Waals surface area contributed by atoms with Crippen LogP contribution in [-0.2, 0) is 16.0 Å². The Balaban J connectivity index is 1.31. The first-order chi connectivity index (χ1) is 13.3. The molecule has 1 amide bonds. The highest BCUT2D eigenvalue weighted by Crippen LogP contribution is 2.34. The predicted octanol–water partition coefficient (Wildman–Crippen LogP) is 3.43. The van der Waals surface area contributed by atoms with Gasteiger partial charge in [-0.2, -0.15) is 0 Å². The average molecular weight is 381 g/mol. The molecule has 0 aliphatic carbocycles. The van der Waals surface area contributed by atoms with Gasteiger partial charge in [-0.05, 0) is 35.4 Å². The van der Waals surface area contributed by atoms with Crippen LogP contribution in [0.4, 0.5) is 0 Å². The highest BCUT2D eigenvalue weighted by molar-refractivity contribution is 7.13. The smallest absolute Gasteiger partial charge is 0.257 e. The maximum atomic E-state index is 13.1. The van der Waals surface area contributed by atoms with Crippen molar-refractivity contribution in [2.75, 3.05) is 19.7 Å². The van der Waals surface area contributed by atoms with Gasteiger partial charge in [-0.15, -0.1) is 21.5 Å². The molecule has 2 aliphatic rings. The Labute approximate surface area is 160 Å². The topological polar surface area (TPSA) is 68.5 Å². The summed E-state index contributed by atoms with van der Waals surface area (Å²) in [6, 6.07) is 12.0. The Hall–Kier alpha value is -2.51. The van der Waals surface area contributed by atoms with Crippen molar-refractivity contribution in [2.45, 2.75) is 24.9 Å². The van der Waals surface area contributed by atoms with Gasteiger partial charge in [0.25, 0.3) is 11.8 Å². The zero-order valence-corrected chi connectivity index (χ0v) is 15.5. The summed E-state index contributed by atoms with van der Waals surface area (Å²) < 4.78 is 11.7. The second-order valence-electron chi connectivity index (χ2n) is 6.89. The molecule has 0 N–H and O–H groups in total. The molecule has 2 aliphatic heterocycles. The summed E-state index contributed by atoms with van der Waals surface area (Å²) in [7, 11) is 0. The fourth-order valence-corrected chi connectivity index (χ4v) is 4.47. The van der Waals surface area contributed by atoms with E-state index in [1.165, 1.54) is 5.56 Å². The summed E-state index contributed by atoms with van der Waals surface area (Å²) in [5, 5.41) is 10.4. The number of aromatic nitrogens is 2. The maximum absolute atomic E-state index is 13.1. The zero-order valence-electron chi connectivity index (χ0n) is 14.7. The average Bonchev–Trinajstić information content (AvgIpc) is 3.47. The summed E-state index contributed by atoms with van der Waals surface area (Å²) in [5.41, 5.74) is 2.20. The molecule has 7 heteroatoms. The van der Waals surface area contributed by atoms with Gasteiger partial charge in [0.05, 0.1) is 17.4 Å². The molecule has 1 fully saturated rings. The summed E-state index contributed by atoms with van der Waals surface area (Å²) in [4.78, 5) is 15.9. The van der Waals surface area contributed by atoms with E-state index in [-0.39, 0.29) is 11.8 Å². The lowest BCUT2D eigenvalue weighted by Crippen LogP contribution is -2.36. The standard InChI is InChI=1S/C20H19N3O3S/c24-20(17-15-5-2-1-4-13(15)8-10-25-17)23-9-7-14(12-23)18-21-22-19(26-18)16-6-3-11-27-16/h1-6,11,14,17H,7-10,12H2. The first kappa shape index (κ1) is 16.6. The summed E-state index contributed by atoms with van der Waals surface area (Å²) in [6.45, 7) is 1.85. The van der Waals surface area contributed by atoms with E-state index in [1.54, 1.807) is 11.3 Å². The number of carbonyl (C=O) groups excluding carboxylic acids is 1. The van der Waals surface area contributed by atoms with Gasteiger partial charge in [0.1, 0.15) is 0 Å². The molecular formula is C20H19N3O3S. The Morgan fingerprint density at radius 2 is 2.11 bits per heavy atom. The van der Waals surface area contributed by atoms with Gasteiger partial charge < -0.3 is 14.1 Å². The number of benzene rings is 1. The van der Waals surface area contributed by atoms with E-state index in [1.807, 2.05) is 40.6 Å². The normalized spacial score (nSPS) is 22.0. The molecule has 1 saturated heterocycles. The van der Waals surface area contributed by atoms with Gasteiger partial charge in [-0.25, -0.2) is 0 Å². The van der Waals surface area contributed by atoms with Gasteiger partial charge in [0.2, 0.25) is 5.89 Å². The van der Waals surface area contributed by atoms with Crippen molar-refractivity contribution in [2.24, 2.45) is 0 Å². The number of amides is 1. The molecule has 0 bridgehead atoms. The van der Waals surface area contributed by atoms with Crippen molar-refractivity contribution in [3.05, 3.63) is 58.8 Å². The predicted molar refractivity (Wildman–Crippen MR) is 100 cm³/mol. The van der Waals surface area contributed by atoms with E-state index >= 15 is 0 Å². The van der Waals surface area contributed by atoms with E-state index in [4.69, 9.17) is 9.15 Å². The number of thiophene rings is 1. The number of ether oxygens (including phenoxy) is 1. The van der Waals surface area contributed by atoms with Crippen LogP contribution in [0.15, 0.2) is 46.2 Å². The largest absolute Gasteiger partial charge is 0.420 e. The zero-order chi connectivity index (χ0) is 18.2. The lowest BCUT2D eigenvalue weighted by Gasteiger charge is -2.28. The number of rotatable bonds is 3. The number of likely N-dealkylation sites (tertiary alicyclic amines) is 1. The molecule has 4 heterocycles. The lowest BCUT2D eigenvalue weighted by atomic mass is 9.97. The molecule has 0 radical (unpaired) electrons. The third-order valence-corrected chi connectivity index (χ3v) is 6.10. The van der Waals surface area contributed by atoms with Gasteiger partial charge in [0, 0.05) is 13.1 Å². The first-order valence-corrected chi connectivity index (χ1v) is 10.0. The molecular weight excluding hydrogens is 362 g/mol. The number of hydrogen-bond donors (Lipinski definition) is 0. The van der Waals surface area contributed by atoms with Crippen molar-refractivity contribution < 1.29 is 13.9 Å².